The molecule has 0 aliphatic carbocycles. The minimum Gasteiger partial charge on any atom is -0.480 e. The Kier molecular flexibility index (Phi) is 5.68. The molecular formula is C14H19F3N2O5. The summed E-state index contributed by atoms with van der Waals surface area (Å²) in [5.41, 5.74) is 0. The molecule has 2 amide bonds. The second-order valence-electron chi connectivity index (χ2n) is 6.09. The molecule has 0 bridgehead atoms. The first-order chi connectivity index (χ1) is 11.2. The smallest absolute Gasteiger partial charge is 0.406 e. The van der Waals surface area contributed by atoms with Gasteiger partial charge in [0.25, 0.3) is 0 Å². The van der Waals surface area contributed by atoms with Crippen molar-refractivity contribution in [2.45, 2.75) is 31.5 Å². The van der Waals surface area contributed by atoms with Crippen LogP contribution in [0, 0.1) is 11.8 Å². The zero-order chi connectivity index (χ0) is 17.9. The number of ether oxygens (including phenoxy) is 1. The highest BCUT2D eigenvalue weighted by molar-refractivity contribution is 5.91. The van der Waals surface area contributed by atoms with Gasteiger partial charge in [-0.3, -0.25) is 9.59 Å². The van der Waals surface area contributed by atoms with Crippen LogP contribution in [-0.2, 0) is 19.1 Å². The van der Waals surface area contributed by atoms with E-state index in [0.717, 1.165) is 0 Å². The van der Waals surface area contributed by atoms with Crippen LogP contribution >= 0.6 is 0 Å². The molecule has 3 atom stereocenters. The van der Waals surface area contributed by atoms with Crippen LogP contribution in [-0.4, -0.2) is 66.3 Å². The fourth-order valence-corrected chi connectivity index (χ4v) is 3.00. The third-order valence-corrected chi connectivity index (χ3v) is 4.19. The number of nitrogens with one attached hydrogen (secondary N) is 1. The molecule has 2 aliphatic rings. The molecule has 0 aromatic heterocycles. The molecule has 7 nitrogen and oxygen atoms in total. The maximum Gasteiger partial charge on any atom is 0.406 e. The molecule has 0 radical (unpaired) electrons. The maximum absolute atomic E-state index is 12.4. The molecule has 2 heterocycles. The lowest BCUT2D eigenvalue weighted by molar-refractivity contribution is -0.157. The highest BCUT2D eigenvalue weighted by atomic mass is 19.4. The van der Waals surface area contributed by atoms with Crippen LogP contribution in [0.4, 0.5) is 13.2 Å². The van der Waals surface area contributed by atoms with Gasteiger partial charge in [0.05, 0.1) is 12.5 Å². The number of amides is 2. The monoisotopic (exact) mass is 352 g/mol. The quantitative estimate of drug-likeness (QED) is 0.746. The zero-order valence-electron chi connectivity index (χ0n) is 12.8. The molecule has 2 N–H and O–H groups in total. The third-order valence-electron chi connectivity index (χ3n) is 4.19. The summed E-state index contributed by atoms with van der Waals surface area (Å²) in [5.74, 6) is -4.09. The fraction of sp³-hybridized carbons (Fsp3) is 0.786. The van der Waals surface area contributed by atoms with E-state index < -0.39 is 48.4 Å². The minimum absolute atomic E-state index is 0.195. The summed E-state index contributed by atoms with van der Waals surface area (Å²) in [6.45, 7) is -1.05. The summed E-state index contributed by atoms with van der Waals surface area (Å²) in [6.07, 6.45) is -3.65. The summed E-state index contributed by atoms with van der Waals surface area (Å²) in [7, 11) is 0. The number of carboxylic acids is 1. The first-order valence-corrected chi connectivity index (χ1v) is 7.63. The second-order valence-corrected chi connectivity index (χ2v) is 6.09. The van der Waals surface area contributed by atoms with Crippen molar-refractivity contribution in [3.05, 3.63) is 0 Å². The summed E-state index contributed by atoms with van der Waals surface area (Å²) in [4.78, 5) is 35.7. The molecule has 0 spiro atoms. The van der Waals surface area contributed by atoms with Gasteiger partial charge in [0.2, 0.25) is 11.8 Å². The van der Waals surface area contributed by atoms with Crippen LogP contribution in [0.2, 0.25) is 0 Å². The Labute approximate surface area is 136 Å². The zero-order valence-corrected chi connectivity index (χ0v) is 12.8. The molecule has 10 heteroatoms. The first kappa shape index (κ1) is 18.5. The van der Waals surface area contributed by atoms with Crippen molar-refractivity contribution in [3.63, 3.8) is 0 Å². The SMILES string of the molecule is O=C(NC(C(=O)O)C1CCCOC1)C1CC(=O)N(CC(F)(F)F)C1. The number of hydrogen-bond acceptors (Lipinski definition) is 4. The molecular weight excluding hydrogens is 333 g/mol. The average Bonchev–Trinajstić information content (AvgIpc) is 2.84. The molecule has 2 aliphatic heterocycles. The van der Waals surface area contributed by atoms with Gasteiger partial charge in [-0.2, -0.15) is 13.2 Å². The van der Waals surface area contributed by atoms with Crippen LogP contribution in [0.5, 0.6) is 0 Å². The van der Waals surface area contributed by atoms with Crippen LogP contribution in [0.25, 0.3) is 0 Å². The first-order valence-electron chi connectivity index (χ1n) is 7.63. The van der Waals surface area contributed by atoms with E-state index in [-0.39, 0.29) is 19.6 Å². The van der Waals surface area contributed by atoms with E-state index in [2.05, 4.69) is 5.32 Å². The Balaban J connectivity index is 1.95. The average molecular weight is 352 g/mol. The molecule has 0 aromatic carbocycles. The maximum atomic E-state index is 12.4. The molecule has 0 saturated carbocycles. The van der Waals surface area contributed by atoms with Gasteiger partial charge in [-0.25, -0.2) is 4.79 Å². The number of carboxylic acid groups (broad SMARTS) is 1. The largest absolute Gasteiger partial charge is 0.480 e. The number of alkyl halides is 3. The number of hydrogen-bond donors (Lipinski definition) is 2. The molecule has 24 heavy (non-hydrogen) atoms. The third kappa shape index (κ3) is 4.83. The van der Waals surface area contributed by atoms with E-state index in [0.29, 0.717) is 24.3 Å². The second kappa shape index (κ2) is 7.37. The highest BCUT2D eigenvalue weighted by Gasteiger charge is 2.42. The molecule has 3 unspecified atom stereocenters. The van der Waals surface area contributed by atoms with Crippen molar-refractivity contribution in [1.82, 2.24) is 10.2 Å². The van der Waals surface area contributed by atoms with Gasteiger partial charge in [-0.05, 0) is 12.8 Å². The number of nitrogens with zero attached hydrogens (tertiary/aromatic N) is 1. The van der Waals surface area contributed by atoms with Crippen molar-refractivity contribution in [2.75, 3.05) is 26.3 Å². The standard InChI is InChI=1S/C14H19F3N2O5/c15-14(16,17)7-19-5-9(4-10(19)20)12(21)18-11(13(22)23)8-2-1-3-24-6-8/h8-9,11H,1-7H2,(H,18,21)(H,22,23). The predicted octanol–water partition coefficient (Wildman–Crippen LogP) is 0.393. The van der Waals surface area contributed by atoms with Gasteiger partial charge in [0, 0.05) is 25.5 Å². The molecule has 2 rings (SSSR count). The number of aliphatic carboxylic acids is 1. The summed E-state index contributed by atoms with van der Waals surface area (Å²) >= 11 is 0. The van der Waals surface area contributed by atoms with Gasteiger partial charge >= 0.3 is 12.1 Å². The summed E-state index contributed by atoms with van der Waals surface area (Å²) in [6, 6.07) is -1.18. The van der Waals surface area contributed by atoms with Crippen molar-refractivity contribution in [3.8, 4) is 0 Å². The van der Waals surface area contributed by atoms with Crippen LogP contribution in [0.1, 0.15) is 19.3 Å². The molecule has 2 saturated heterocycles. The number of halogens is 3. The van der Waals surface area contributed by atoms with Gasteiger partial charge < -0.3 is 20.1 Å². The number of carbonyl (C=O) groups is 3. The van der Waals surface area contributed by atoms with E-state index in [4.69, 9.17) is 4.74 Å². The normalized spacial score (nSPS) is 26.3. The van der Waals surface area contributed by atoms with Crippen molar-refractivity contribution >= 4 is 17.8 Å². The van der Waals surface area contributed by atoms with Gasteiger partial charge in [0.15, 0.2) is 0 Å². The van der Waals surface area contributed by atoms with Crippen LogP contribution in [0.15, 0.2) is 0 Å². The molecule has 0 aromatic rings. The highest BCUT2D eigenvalue weighted by Crippen LogP contribution is 2.25. The van der Waals surface area contributed by atoms with Gasteiger partial charge in [-0.1, -0.05) is 0 Å². The number of rotatable bonds is 5. The lowest BCUT2D eigenvalue weighted by atomic mass is 9.93. The Bertz CT molecular complexity index is 505. The van der Waals surface area contributed by atoms with Crippen LogP contribution in [0.3, 0.4) is 0 Å². The van der Waals surface area contributed by atoms with Crippen molar-refractivity contribution in [2.24, 2.45) is 11.8 Å². The predicted molar refractivity (Wildman–Crippen MR) is 73.9 cm³/mol. The van der Waals surface area contributed by atoms with Crippen molar-refractivity contribution in [1.29, 1.82) is 0 Å². The molecule has 2 fully saturated rings. The summed E-state index contributed by atoms with van der Waals surface area (Å²) < 4.78 is 42.4. The topological polar surface area (TPSA) is 95.9 Å². The Morgan fingerprint density at radius 1 is 1.42 bits per heavy atom. The van der Waals surface area contributed by atoms with Crippen LogP contribution < -0.4 is 5.32 Å². The van der Waals surface area contributed by atoms with Crippen molar-refractivity contribution < 1.29 is 37.4 Å². The van der Waals surface area contributed by atoms with Gasteiger partial charge in [-0.15, -0.1) is 0 Å². The van der Waals surface area contributed by atoms with E-state index in [9.17, 15) is 32.7 Å². The van der Waals surface area contributed by atoms with E-state index in [1.165, 1.54) is 0 Å². The van der Waals surface area contributed by atoms with Gasteiger partial charge in [0.1, 0.15) is 12.6 Å². The fourth-order valence-electron chi connectivity index (χ4n) is 3.00. The van der Waals surface area contributed by atoms with E-state index >= 15 is 0 Å². The molecule has 136 valence electrons. The number of likely N-dealkylation sites (tertiary alicyclic amines) is 1. The Morgan fingerprint density at radius 3 is 2.67 bits per heavy atom. The lowest BCUT2D eigenvalue weighted by Crippen LogP contribution is -2.50. The number of carbonyl (C=O) groups excluding carboxylic acids is 2. The minimum atomic E-state index is -4.54. The summed E-state index contributed by atoms with van der Waals surface area (Å²) in [5, 5.41) is 11.6. The van der Waals surface area contributed by atoms with E-state index in [1.807, 2.05) is 0 Å². The van der Waals surface area contributed by atoms with E-state index in [1.54, 1.807) is 0 Å². The Hall–Kier alpha value is -1.84. The Morgan fingerprint density at radius 2 is 2.12 bits per heavy atom. The lowest BCUT2D eigenvalue weighted by Gasteiger charge is -2.28.